The van der Waals surface area contributed by atoms with E-state index in [1.165, 1.54) is 0 Å². The predicted molar refractivity (Wildman–Crippen MR) is 101 cm³/mol. The van der Waals surface area contributed by atoms with Crippen molar-refractivity contribution in [3.63, 3.8) is 0 Å². The van der Waals surface area contributed by atoms with E-state index in [9.17, 15) is 13.2 Å². The molecule has 1 unspecified atom stereocenters. The van der Waals surface area contributed by atoms with E-state index >= 15 is 0 Å². The van der Waals surface area contributed by atoms with Crippen LogP contribution in [0.3, 0.4) is 0 Å². The Morgan fingerprint density at radius 1 is 1.15 bits per heavy atom. The molecule has 7 nitrogen and oxygen atoms in total. The highest BCUT2D eigenvalue weighted by molar-refractivity contribution is 7.91. The van der Waals surface area contributed by atoms with Gasteiger partial charge in [-0.15, -0.1) is 0 Å². The van der Waals surface area contributed by atoms with Crippen molar-refractivity contribution in [2.45, 2.75) is 33.2 Å². The lowest BCUT2D eigenvalue weighted by Gasteiger charge is -2.13. The molecule has 0 spiro atoms. The summed E-state index contributed by atoms with van der Waals surface area (Å²) in [5.41, 5.74) is 3.06. The van der Waals surface area contributed by atoms with Gasteiger partial charge in [-0.25, -0.2) is 18.4 Å². The monoisotopic (exact) mass is 374 g/mol. The molecule has 1 amide bonds. The Morgan fingerprint density at radius 3 is 2.58 bits per heavy atom. The number of nitrogens with one attached hydrogen (secondary N) is 2. The molecule has 0 aliphatic carbocycles. The molecule has 1 aromatic carbocycles. The largest absolute Gasteiger partial charge is 0.366 e. The van der Waals surface area contributed by atoms with Crippen LogP contribution in [0.25, 0.3) is 0 Å². The normalized spacial score (nSPS) is 18.5. The van der Waals surface area contributed by atoms with Crippen LogP contribution in [0, 0.1) is 20.8 Å². The highest BCUT2D eigenvalue weighted by atomic mass is 32.2. The molecule has 0 radical (unpaired) electrons. The second kappa shape index (κ2) is 7.03. The van der Waals surface area contributed by atoms with Gasteiger partial charge >= 0.3 is 0 Å². The van der Waals surface area contributed by atoms with E-state index in [1.54, 1.807) is 13.0 Å². The maximum Gasteiger partial charge on any atom is 0.274 e. The summed E-state index contributed by atoms with van der Waals surface area (Å²) < 4.78 is 23.2. The van der Waals surface area contributed by atoms with Gasteiger partial charge in [-0.2, -0.15) is 0 Å². The number of rotatable bonds is 4. The third kappa shape index (κ3) is 4.37. The van der Waals surface area contributed by atoms with Gasteiger partial charge in [0.05, 0.1) is 11.5 Å². The van der Waals surface area contributed by atoms with Crippen molar-refractivity contribution >= 4 is 27.2 Å². The topological polar surface area (TPSA) is 101 Å². The first-order chi connectivity index (χ1) is 12.2. The number of hydrogen-bond acceptors (Lipinski definition) is 6. The van der Waals surface area contributed by atoms with E-state index < -0.39 is 9.84 Å². The van der Waals surface area contributed by atoms with Gasteiger partial charge in [-0.05, 0) is 38.8 Å². The lowest BCUT2D eigenvalue weighted by atomic mass is 10.1. The van der Waals surface area contributed by atoms with Gasteiger partial charge in [0.25, 0.3) is 5.91 Å². The molecule has 1 fully saturated rings. The zero-order chi connectivity index (χ0) is 18.9. The molecule has 2 N–H and O–H groups in total. The highest BCUT2D eigenvalue weighted by Crippen LogP contribution is 2.19. The van der Waals surface area contributed by atoms with E-state index in [0.717, 1.165) is 16.8 Å². The fourth-order valence-corrected chi connectivity index (χ4v) is 4.69. The maximum absolute atomic E-state index is 12.6. The van der Waals surface area contributed by atoms with E-state index in [1.807, 2.05) is 32.0 Å². The smallest absolute Gasteiger partial charge is 0.274 e. The van der Waals surface area contributed by atoms with Crippen LogP contribution in [0.15, 0.2) is 24.3 Å². The van der Waals surface area contributed by atoms with Gasteiger partial charge in [0.1, 0.15) is 17.3 Å². The number of carbonyl (C=O) groups excluding carboxylic acids is 1. The number of benzene rings is 1. The molecule has 8 heteroatoms. The average Bonchev–Trinajstić information content (AvgIpc) is 2.88. The minimum Gasteiger partial charge on any atom is -0.366 e. The molecule has 3 rings (SSSR count). The Morgan fingerprint density at radius 2 is 1.92 bits per heavy atom. The van der Waals surface area contributed by atoms with Crippen molar-refractivity contribution in [1.82, 2.24) is 9.97 Å². The van der Waals surface area contributed by atoms with Crippen LogP contribution in [0.5, 0.6) is 0 Å². The fourth-order valence-electron chi connectivity index (χ4n) is 3.02. The van der Waals surface area contributed by atoms with Crippen LogP contribution in [-0.2, 0) is 9.84 Å². The number of hydrogen-bond donors (Lipinski definition) is 2. The standard InChI is InChI=1S/C18H22N4O3S/c1-11-4-5-15(12(2)8-11)22-18(23)16-9-17(20-13(3)19-16)21-14-6-7-26(24,25)10-14/h4-5,8-9,14H,6-7,10H2,1-3H3,(H,22,23)(H,19,20,21). The molecular formula is C18H22N4O3S. The number of aromatic nitrogens is 2. The SMILES string of the molecule is Cc1ccc(NC(=O)c2cc(NC3CCS(=O)(=O)C3)nc(C)n2)c(C)c1. The van der Waals surface area contributed by atoms with Crippen LogP contribution in [-0.4, -0.2) is 41.8 Å². The molecule has 1 aliphatic heterocycles. The van der Waals surface area contributed by atoms with Crippen molar-refractivity contribution < 1.29 is 13.2 Å². The Balaban J connectivity index is 1.77. The molecule has 1 aliphatic rings. The van der Waals surface area contributed by atoms with E-state index in [-0.39, 0.29) is 29.1 Å². The minimum atomic E-state index is -2.99. The number of nitrogens with zero attached hydrogens (tertiary/aromatic N) is 2. The Bertz CT molecular complexity index is 957. The van der Waals surface area contributed by atoms with E-state index in [0.29, 0.717) is 18.1 Å². The number of carbonyl (C=O) groups is 1. The lowest BCUT2D eigenvalue weighted by molar-refractivity contribution is 0.102. The summed E-state index contributed by atoms with van der Waals surface area (Å²) in [6, 6.07) is 7.15. The predicted octanol–water partition coefficient (Wildman–Crippen LogP) is 2.25. The molecule has 0 saturated carbocycles. The van der Waals surface area contributed by atoms with Gasteiger partial charge in [-0.1, -0.05) is 17.7 Å². The second-order valence-electron chi connectivity index (χ2n) is 6.70. The summed E-state index contributed by atoms with van der Waals surface area (Å²) in [4.78, 5) is 21.0. The van der Waals surface area contributed by atoms with Crippen molar-refractivity contribution in [3.8, 4) is 0 Å². The lowest BCUT2D eigenvalue weighted by Crippen LogP contribution is -2.22. The Hall–Kier alpha value is -2.48. The van der Waals surface area contributed by atoms with Crippen LogP contribution >= 0.6 is 0 Å². The first-order valence-electron chi connectivity index (χ1n) is 8.43. The summed E-state index contributed by atoms with van der Waals surface area (Å²) in [7, 11) is -2.99. The zero-order valence-electron chi connectivity index (χ0n) is 15.0. The quantitative estimate of drug-likeness (QED) is 0.851. The van der Waals surface area contributed by atoms with Crippen molar-refractivity contribution in [3.05, 3.63) is 46.9 Å². The van der Waals surface area contributed by atoms with Gasteiger partial charge in [0, 0.05) is 17.8 Å². The van der Waals surface area contributed by atoms with E-state index in [2.05, 4.69) is 20.6 Å². The summed E-state index contributed by atoms with van der Waals surface area (Å²) in [6.07, 6.45) is 0.537. The summed E-state index contributed by atoms with van der Waals surface area (Å²) in [6.45, 7) is 5.62. The van der Waals surface area contributed by atoms with Crippen LogP contribution < -0.4 is 10.6 Å². The van der Waals surface area contributed by atoms with Crippen molar-refractivity contribution in [1.29, 1.82) is 0 Å². The molecule has 0 bridgehead atoms. The van der Waals surface area contributed by atoms with Crippen LogP contribution in [0.4, 0.5) is 11.5 Å². The number of sulfone groups is 1. The number of amides is 1. The highest BCUT2D eigenvalue weighted by Gasteiger charge is 2.28. The molecule has 1 saturated heterocycles. The third-order valence-electron chi connectivity index (χ3n) is 4.29. The Kier molecular flexibility index (Phi) is 4.95. The molecule has 1 atom stereocenters. The molecule has 2 aromatic rings. The minimum absolute atomic E-state index is 0.0835. The summed E-state index contributed by atoms with van der Waals surface area (Å²) >= 11 is 0. The van der Waals surface area contributed by atoms with Crippen LogP contribution in [0.1, 0.15) is 33.9 Å². The fraction of sp³-hybridized carbons (Fsp3) is 0.389. The Labute approximate surface area is 153 Å². The third-order valence-corrected chi connectivity index (χ3v) is 6.05. The van der Waals surface area contributed by atoms with Crippen LogP contribution in [0.2, 0.25) is 0 Å². The maximum atomic E-state index is 12.6. The summed E-state index contributed by atoms with van der Waals surface area (Å²) in [5, 5.41) is 5.97. The molecular weight excluding hydrogens is 352 g/mol. The second-order valence-corrected chi connectivity index (χ2v) is 8.93. The number of anilines is 2. The summed E-state index contributed by atoms with van der Waals surface area (Å²) in [5.74, 6) is 0.839. The van der Waals surface area contributed by atoms with Gasteiger partial charge in [-0.3, -0.25) is 4.79 Å². The molecule has 26 heavy (non-hydrogen) atoms. The first kappa shape index (κ1) is 18.3. The number of aryl methyl sites for hydroxylation is 3. The van der Waals surface area contributed by atoms with Gasteiger partial charge in [0.15, 0.2) is 9.84 Å². The van der Waals surface area contributed by atoms with Crippen molar-refractivity contribution in [2.75, 3.05) is 22.1 Å². The first-order valence-corrected chi connectivity index (χ1v) is 10.3. The molecule has 138 valence electrons. The molecule has 1 aromatic heterocycles. The van der Waals surface area contributed by atoms with Crippen molar-refractivity contribution in [2.24, 2.45) is 0 Å². The zero-order valence-corrected chi connectivity index (χ0v) is 15.9. The molecule has 2 heterocycles. The van der Waals surface area contributed by atoms with Gasteiger partial charge in [0.2, 0.25) is 0 Å². The average molecular weight is 374 g/mol. The van der Waals surface area contributed by atoms with Gasteiger partial charge < -0.3 is 10.6 Å². The van der Waals surface area contributed by atoms with E-state index in [4.69, 9.17) is 0 Å².